The highest BCUT2D eigenvalue weighted by Crippen LogP contribution is 2.34. The SMILES string of the molecule is CCC(C)[C@H](NC(=O)CNC)C(=O)N[C@@H](Cc1ccccc1)[C@H](O)CN(C)S(=O)(=O)c1ccc2c(c1)OCO2. The minimum atomic E-state index is -3.99. The molecule has 0 spiro atoms. The maximum Gasteiger partial charge on any atom is 0.243 e. The molecule has 2 aromatic rings. The summed E-state index contributed by atoms with van der Waals surface area (Å²) in [6.45, 7) is 3.56. The Bertz CT molecular complexity index is 1230. The van der Waals surface area contributed by atoms with Crippen molar-refractivity contribution in [1.29, 1.82) is 0 Å². The van der Waals surface area contributed by atoms with Crippen molar-refractivity contribution >= 4 is 21.8 Å². The molecular formula is C27H38N4O7S. The molecule has 2 aromatic carbocycles. The van der Waals surface area contributed by atoms with Crippen LogP contribution in [-0.2, 0) is 26.0 Å². The van der Waals surface area contributed by atoms with Crippen molar-refractivity contribution in [3.63, 3.8) is 0 Å². The number of ether oxygens (including phenoxy) is 2. The molecule has 1 heterocycles. The molecule has 3 rings (SSSR count). The molecule has 0 saturated heterocycles. The summed E-state index contributed by atoms with van der Waals surface area (Å²) in [6.07, 6.45) is -0.363. The molecule has 1 aliphatic heterocycles. The minimum Gasteiger partial charge on any atom is -0.454 e. The summed E-state index contributed by atoms with van der Waals surface area (Å²) in [7, 11) is -0.983. The van der Waals surface area contributed by atoms with Crippen LogP contribution in [0, 0.1) is 5.92 Å². The van der Waals surface area contributed by atoms with Gasteiger partial charge in [-0.05, 0) is 37.1 Å². The van der Waals surface area contributed by atoms with Gasteiger partial charge in [0.1, 0.15) is 6.04 Å². The number of carbonyl (C=O) groups excluding carboxylic acids is 2. The van der Waals surface area contributed by atoms with Crippen LogP contribution in [0.1, 0.15) is 25.8 Å². The lowest BCUT2D eigenvalue weighted by Gasteiger charge is -2.31. The van der Waals surface area contributed by atoms with Crippen LogP contribution < -0.4 is 25.4 Å². The van der Waals surface area contributed by atoms with Gasteiger partial charge in [-0.25, -0.2) is 8.42 Å². The predicted molar refractivity (Wildman–Crippen MR) is 146 cm³/mol. The van der Waals surface area contributed by atoms with E-state index in [0.29, 0.717) is 17.9 Å². The first-order valence-corrected chi connectivity index (χ1v) is 14.3. The van der Waals surface area contributed by atoms with E-state index in [0.717, 1.165) is 9.87 Å². The average Bonchev–Trinajstić information content (AvgIpc) is 3.39. The van der Waals surface area contributed by atoms with Crippen LogP contribution in [0.25, 0.3) is 0 Å². The van der Waals surface area contributed by atoms with Gasteiger partial charge >= 0.3 is 0 Å². The summed E-state index contributed by atoms with van der Waals surface area (Å²) in [6, 6.07) is 11.9. The lowest BCUT2D eigenvalue weighted by molar-refractivity contribution is -0.130. The van der Waals surface area contributed by atoms with Gasteiger partial charge in [-0.2, -0.15) is 4.31 Å². The third kappa shape index (κ3) is 7.91. The summed E-state index contributed by atoms with van der Waals surface area (Å²) >= 11 is 0. The minimum absolute atomic E-state index is 0.00539. The molecule has 1 unspecified atom stereocenters. The van der Waals surface area contributed by atoms with Gasteiger partial charge in [0.25, 0.3) is 0 Å². The molecule has 1 aliphatic rings. The average molecular weight is 563 g/mol. The van der Waals surface area contributed by atoms with Crippen molar-refractivity contribution in [2.45, 2.75) is 49.8 Å². The fourth-order valence-corrected chi connectivity index (χ4v) is 5.42. The number of nitrogens with zero attached hydrogens (tertiary/aromatic N) is 1. The van der Waals surface area contributed by atoms with Gasteiger partial charge in [0.2, 0.25) is 28.6 Å². The molecule has 4 atom stereocenters. The number of rotatable bonds is 14. The number of hydrogen-bond donors (Lipinski definition) is 4. The van der Waals surface area contributed by atoms with Crippen LogP contribution in [0.15, 0.2) is 53.4 Å². The van der Waals surface area contributed by atoms with Crippen molar-refractivity contribution in [3.8, 4) is 11.5 Å². The second-order valence-corrected chi connectivity index (χ2v) is 11.7. The number of sulfonamides is 1. The normalized spacial score (nSPS) is 15.8. The van der Waals surface area contributed by atoms with E-state index in [1.165, 1.54) is 25.2 Å². The van der Waals surface area contributed by atoms with Crippen LogP contribution in [0.3, 0.4) is 0 Å². The van der Waals surface area contributed by atoms with Gasteiger partial charge in [-0.15, -0.1) is 0 Å². The molecule has 39 heavy (non-hydrogen) atoms. The molecule has 0 aliphatic carbocycles. The van der Waals surface area contributed by atoms with Crippen LogP contribution in [0.4, 0.5) is 0 Å². The Labute approximate surface area is 229 Å². The van der Waals surface area contributed by atoms with Gasteiger partial charge in [-0.1, -0.05) is 50.6 Å². The van der Waals surface area contributed by atoms with Crippen molar-refractivity contribution < 1.29 is 32.6 Å². The van der Waals surface area contributed by atoms with Gasteiger partial charge in [0, 0.05) is 19.7 Å². The van der Waals surface area contributed by atoms with Gasteiger partial charge in [-0.3, -0.25) is 9.59 Å². The van der Waals surface area contributed by atoms with E-state index < -0.39 is 34.1 Å². The number of carbonyl (C=O) groups is 2. The van der Waals surface area contributed by atoms with Crippen LogP contribution in [-0.4, -0.2) is 81.8 Å². The topological polar surface area (TPSA) is 146 Å². The number of amides is 2. The zero-order chi connectivity index (χ0) is 28.6. The van der Waals surface area contributed by atoms with E-state index in [1.54, 1.807) is 7.05 Å². The number of aliphatic hydroxyl groups is 1. The smallest absolute Gasteiger partial charge is 0.243 e. The lowest BCUT2D eigenvalue weighted by atomic mass is 9.96. The van der Waals surface area contributed by atoms with Crippen molar-refractivity contribution in [2.75, 3.05) is 34.0 Å². The molecule has 0 fully saturated rings. The molecule has 2 amide bonds. The molecule has 0 aromatic heterocycles. The third-order valence-corrected chi connectivity index (χ3v) is 8.56. The first-order valence-electron chi connectivity index (χ1n) is 12.9. The second-order valence-electron chi connectivity index (χ2n) is 9.63. The fourth-order valence-electron chi connectivity index (χ4n) is 4.22. The number of hydrogen-bond acceptors (Lipinski definition) is 8. The Morgan fingerprint density at radius 3 is 2.44 bits per heavy atom. The van der Waals surface area contributed by atoms with Crippen LogP contribution >= 0.6 is 0 Å². The summed E-state index contributed by atoms with van der Waals surface area (Å²) in [5, 5.41) is 19.6. The van der Waals surface area contributed by atoms with Crippen molar-refractivity contribution in [2.24, 2.45) is 5.92 Å². The molecule has 12 heteroatoms. The Balaban J connectivity index is 1.80. The number of aliphatic hydroxyl groups excluding tert-OH is 1. The van der Waals surface area contributed by atoms with Crippen molar-refractivity contribution in [3.05, 3.63) is 54.1 Å². The molecule has 0 saturated carbocycles. The predicted octanol–water partition coefficient (Wildman–Crippen LogP) is 0.875. The molecule has 0 bridgehead atoms. The number of likely N-dealkylation sites (N-methyl/N-ethyl adjacent to an activating group) is 2. The maximum absolute atomic E-state index is 13.4. The first kappa shape index (κ1) is 30.4. The molecule has 0 radical (unpaired) electrons. The highest BCUT2D eigenvalue weighted by molar-refractivity contribution is 7.89. The molecule has 11 nitrogen and oxygen atoms in total. The fraction of sp³-hybridized carbons (Fsp3) is 0.481. The van der Waals surface area contributed by atoms with E-state index in [1.807, 2.05) is 44.2 Å². The zero-order valence-electron chi connectivity index (χ0n) is 22.7. The molecule has 4 N–H and O–H groups in total. The van der Waals surface area contributed by atoms with Gasteiger partial charge in [0.05, 0.1) is 23.6 Å². The molecular weight excluding hydrogens is 524 g/mol. The quantitative estimate of drug-likeness (QED) is 0.265. The van der Waals surface area contributed by atoms with Crippen LogP contribution in [0.5, 0.6) is 11.5 Å². The number of nitrogens with one attached hydrogen (secondary N) is 3. The second kappa shape index (κ2) is 13.7. The first-order chi connectivity index (χ1) is 18.6. The van der Waals surface area contributed by atoms with E-state index in [2.05, 4.69) is 16.0 Å². The van der Waals surface area contributed by atoms with E-state index in [4.69, 9.17) is 9.47 Å². The van der Waals surface area contributed by atoms with Crippen molar-refractivity contribution in [1.82, 2.24) is 20.3 Å². The van der Waals surface area contributed by atoms with E-state index >= 15 is 0 Å². The van der Waals surface area contributed by atoms with Gasteiger partial charge in [0.15, 0.2) is 11.5 Å². The monoisotopic (exact) mass is 562 g/mol. The van der Waals surface area contributed by atoms with E-state index in [9.17, 15) is 23.1 Å². The number of benzene rings is 2. The van der Waals surface area contributed by atoms with Crippen LogP contribution in [0.2, 0.25) is 0 Å². The summed E-state index contributed by atoms with van der Waals surface area (Å²) in [5.74, 6) is -0.160. The summed E-state index contributed by atoms with van der Waals surface area (Å²) < 4.78 is 38.1. The largest absolute Gasteiger partial charge is 0.454 e. The standard InChI is InChI=1S/C27H38N4O7S/c1-5-18(2)26(30-25(33)15-28-3)27(34)29-21(13-19-9-7-6-8-10-19)22(32)16-31(4)39(35,36)20-11-12-23-24(14-20)38-17-37-23/h6-12,14,18,21-22,26,28,32H,5,13,15-17H2,1-4H3,(H,29,34)(H,30,33)/t18?,21-,22+,26-/m0/s1. The Morgan fingerprint density at radius 1 is 1.08 bits per heavy atom. The summed E-state index contributed by atoms with van der Waals surface area (Å²) in [5.41, 5.74) is 0.849. The highest BCUT2D eigenvalue weighted by Gasteiger charge is 2.32. The highest BCUT2D eigenvalue weighted by atomic mass is 32.2. The van der Waals surface area contributed by atoms with E-state index in [-0.39, 0.29) is 43.0 Å². The number of fused-ring (bicyclic) bond motifs is 1. The zero-order valence-corrected chi connectivity index (χ0v) is 23.5. The Hall–Kier alpha value is -3.19. The summed E-state index contributed by atoms with van der Waals surface area (Å²) in [4.78, 5) is 25.6. The molecule has 214 valence electrons. The van der Waals surface area contributed by atoms with Gasteiger partial charge < -0.3 is 30.5 Å². The lowest BCUT2D eigenvalue weighted by Crippen LogP contribution is -2.57. The third-order valence-electron chi connectivity index (χ3n) is 6.74. The maximum atomic E-state index is 13.4. The Kier molecular flexibility index (Phi) is 10.7. The Morgan fingerprint density at radius 2 is 1.77 bits per heavy atom.